The number of unbranched alkanes of at least 4 members (excludes halogenated alkanes) is 3. The largest absolute Gasteiger partial charge is 0.353 e. The van der Waals surface area contributed by atoms with Gasteiger partial charge in [0.05, 0.1) is 11.1 Å². The molecule has 1 N–H and O–H groups in total. The maximum absolute atomic E-state index is 12.6. The number of nitrogens with one attached hydrogen (secondary N) is 1. The molecule has 5 aliphatic rings. The first kappa shape index (κ1) is 21.7. The van der Waals surface area contributed by atoms with Crippen LogP contribution in [0.3, 0.4) is 0 Å². The van der Waals surface area contributed by atoms with Gasteiger partial charge in [0.2, 0.25) is 5.91 Å². The highest BCUT2D eigenvalue weighted by Crippen LogP contribution is 2.61. The Morgan fingerprint density at radius 1 is 0.938 bits per heavy atom. The zero-order chi connectivity index (χ0) is 22.3. The molecular formula is C27H36N2O3. The van der Waals surface area contributed by atoms with E-state index < -0.39 is 0 Å². The Morgan fingerprint density at radius 3 is 2.03 bits per heavy atom. The van der Waals surface area contributed by atoms with E-state index in [0.29, 0.717) is 29.5 Å². The summed E-state index contributed by atoms with van der Waals surface area (Å²) in [5.41, 5.74) is 1.39. The minimum atomic E-state index is -0.177. The van der Waals surface area contributed by atoms with Crippen molar-refractivity contribution in [1.82, 2.24) is 10.2 Å². The molecule has 1 aliphatic heterocycles. The lowest BCUT2D eigenvalue weighted by molar-refractivity contribution is -0.126. The number of carbonyl (C=O) groups excluding carboxylic acids is 3. The summed E-state index contributed by atoms with van der Waals surface area (Å²) >= 11 is 0. The van der Waals surface area contributed by atoms with Crippen LogP contribution in [-0.2, 0) is 4.79 Å². The minimum Gasteiger partial charge on any atom is -0.353 e. The van der Waals surface area contributed by atoms with Gasteiger partial charge in [0.25, 0.3) is 11.8 Å². The van der Waals surface area contributed by atoms with Gasteiger partial charge in [-0.1, -0.05) is 25.0 Å². The average Bonchev–Trinajstić information content (AvgIpc) is 3.00. The second-order valence-electron chi connectivity index (χ2n) is 11.0. The minimum absolute atomic E-state index is 0.177. The predicted octanol–water partition coefficient (Wildman–Crippen LogP) is 4.95. The van der Waals surface area contributed by atoms with Gasteiger partial charge in [0.15, 0.2) is 0 Å². The van der Waals surface area contributed by atoms with Crippen LogP contribution < -0.4 is 5.32 Å². The number of benzene rings is 1. The lowest BCUT2D eigenvalue weighted by Crippen LogP contribution is -2.55. The Bertz CT molecular complexity index is 838. The van der Waals surface area contributed by atoms with Crippen LogP contribution in [0, 0.1) is 23.2 Å². The van der Waals surface area contributed by atoms with E-state index in [2.05, 4.69) is 12.2 Å². The highest BCUT2D eigenvalue weighted by Gasteiger charge is 2.53. The molecule has 3 amide bonds. The van der Waals surface area contributed by atoms with Crippen molar-refractivity contribution in [3.63, 3.8) is 0 Å². The molecule has 6 rings (SSSR count). The third-order valence-corrected chi connectivity index (χ3v) is 8.80. The Labute approximate surface area is 191 Å². The Kier molecular flexibility index (Phi) is 5.85. The Balaban J connectivity index is 1.00. The highest BCUT2D eigenvalue weighted by atomic mass is 16.2. The summed E-state index contributed by atoms with van der Waals surface area (Å²) in [6.07, 6.45) is 12.3. The quantitative estimate of drug-likeness (QED) is 0.440. The summed E-state index contributed by atoms with van der Waals surface area (Å²) in [5.74, 6) is 2.55. The third-order valence-electron chi connectivity index (χ3n) is 8.80. The molecule has 4 saturated carbocycles. The summed E-state index contributed by atoms with van der Waals surface area (Å²) < 4.78 is 0. The molecule has 4 bridgehead atoms. The van der Waals surface area contributed by atoms with Crippen molar-refractivity contribution >= 4 is 17.7 Å². The van der Waals surface area contributed by atoms with Crippen LogP contribution >= 0.6 is 0 Å². The van der Waals surface area contributed by atoms with Crippen molar-refractivity contribution in [3.8, 4) is 0 Å². The van der Waals surface area contributed by atoms with Gasteiger partial charge >= 0.3 is 0 Å². The maximum atomic E-state index is 12.6. The van der Waals surface area contributed by atoms with Crippen LogP contribution in [0.1, 0.15) is 98.3 Å². The summed E-state index contributed by atoms with van der Waals surface area (Å²) in [6, 6.07) is 7.32. The molecule has 5 nitrogen and oxygen atoms in total. The SMILES string of the molecule is C[C@@H](NC(=O)CCCCCCN1C(=O)c2ccccc2C1=O)C12CC3CC(CC(C3)C1)C2. The molecule has 0 saturated heterocycles. The first-order valence-corrected chi connectivity index (χ1v) is 12.7. The van der Waals surface area contributed by atoms with Crippen LogP contribution in [0.15, 0.2) is 24.3 Å². The molecule has 0 aromatic heterocycles. The normalized spacial score (nSPS) is 31.2. The van der Waals surface area contributed by atoms with E-state index in [9.17, 15) is 14.4 Å². The van der Waals surface area contributed by atoms with E-state index in [0.717, 1.165) is 43.4 Å². The molecule has 0 radical (unpaired) electrons. The van der Waals surface area contributed by atoms with Crippen LogP contribution in [0.25, 0.3) is 0 Å². The van der Waals surface area contributed by atoms with E-state index in [-0.39, 0.29) is 23.8 Å². The van der Waals surface area contributed by atoms with Crippen LogP contribution in [0.2, 0.25) is 0 Å². The number of imide groups is 1. The van der Waals surface area contributed by atoms with Crippen molar-refractivity contribution in [2.45, 2.75) is 83.6 Å². The number of hydrogen-bond donors (Lipinski definition) is 1. The molecule has 4 aliphatic carbocycles. The monoisotopic (exact) mass is 436 g/mol. The molecular weight excluding hydrogens is 400 g/mol. The average molecular weight is 437 g/mol. The summed E-state index contributed by atoms with van der Waals surface area (Å²) in [6.45, 7) is 2.70. The topological polar surface area (TPSA) is 66.5 Å². The standard InChI is InChI=1S/C27H36N2O3/c1-18(27-15-19-12-20(16-27)14-21(13-19)17-27)28-24(30)10-4-2-3-7-11-29-25(31)22-8-5-6-9-23(22)26(29)32/h5-6,8-9,18-21H,2-4,7,10-17H2,1H3,(H,28,30)/t18-,19?,20?,21?,27?/m1/s1. The summed E-state index contributed by atoms with van der Waals surface area (Å²) in [4.78, 5) is 38.8. The molecule has 32 heavy (non-hydrogen) atoms. The van der Waals surface area contributed by atoms with Crippen LogP contribution in [-0.4, -0.2) is 35.2 Å². The van der Waals surface area contributed by atoms with E-state index in [4.69, 9.17) is 0 Å². The van der Waals surface area contributed by atoms with Crippen LogP contribution in [0.5, 0.6) is 0 Å². The fourth-order valence-corrected chi connectivity index (χ4v) is 7.53. The molecule has 1 atom stereocenters. The van der Waals surface area contributed by atoms with E-state index in [1.54, 1.807) is 24.3 Å². The second kappa shape index (κ2) is 8.64. The molecule has 1 aromatic rings. The van der Waals surface area contributed by atoms with Crippen molar-refractivity contribution in [2.75, 3.05) is 6.54 Å². The molecule has 1 heterocycles. The fourth-order valence-electron chi connectivity index (χ4n) is 7.53. The Morgan fingerprint density at radius 2 is 1.47 bits per heavy atom. The number of amides is 3. The van der Waals surface area contributed by atoms with Gasteiger partial charge in [-0.05, 0) is 93.6 Å². The van der Waals surface area contributed by atoms with Crippen molar-refractivity contribution < 1.29 is 14.4 Å². The molecule has 1 aromatic carbocycles. The van der Waals surface area contributed by atoms with Gasteiger partial charge in [-0.25, -0.2) is 0 Å². The van der Waals surface area contributed by atoms with Gasteiger partial charge < -0.3 is 5.32 Å². The molecule has 5 heteroatoms. The van der Waals surface area contributed by atoms with E-state index >= 15 is 0 Å². The number of fused-ring (bicyclic) bond motifs is 1. The van der Waals surface area contributed by atoms with Gasteiger partial charge in [-0.3, -0.25) is 19.3 Å². The zero-order valence-electron chi connectivity index (χ0n) is 19.3. The van der Waals surface area contributed by atoms with Crippen LogP contribution in [0.4, 0.5) is 0 Å². The summed E-state index contributed by atoms with van der Waals surface area (Å²) in [7, 11) is 0. The van der Waals surface area contributed by atoms with Gasteiger partial charge in [-0.15, -0.1) is 0 Å². The fraction of sp³-hybridized carbons (Fsp3) is 0.667. The van der Waals surface area contributed by atoms with Gasteiger partial charge in [0, 0.05) is 19.0 Å². The second-order valence-corrected chi connectivity index (χ2v) is 11.0. The zero-order valence-corrected chi connectivity index (χ0v) is 19.3. The smallest absolute Gasteiger partial charge is 0.261 e. The number of nitrogens with zero attached hydrogens (tertiary/aromatic N) is 1. The van der Waals surface area contributed by atoms with Crippen molar-refractivity contribution in [2.24, 2.45) is 23.2 Å². The van der Waals surface area contributed by atoms with Gasteiger partial charge in [0.1, 0.15) is 0 Å². The van der Waals surface area contributed by atoms with E-state index in [1.165, 1.54) is 43.4 Å². The molecule has 172 valence electrons. The molecule has 4 fully saturated rings. The highest BCUT2D eigenvalue weighted by molar-refractivity contribution is 6.21. The first-order valence-electron chi connectivity index (χ1n) is 12.7. The van der Waals surface area contributed by atoms with E-state index in [1.807, 2.05) is 0 Å². The number of carbonyl (C=O) groups is 3. The third kappa shape index (κ3) is 3.99. The van der Waals surface area contributed by atoms with Crippen molar-refractivity contribution in [3.05, 3.63) is 35.4 Å². The summed E-state index contributed by atoms with van der Waals surface area (Å²) in [5, 5.41) is 3.36. The number of hydrogen-bond acceptors (Lipinski definition) is 3. The van der Waals surface area contributed by atoms with Crippen molar-refractivity contribution in [1.29, 1.82) is 0 Å². The predicted molar refractivity (Wildman–Crippen MR) is 123 cm³/mol. The molecule has 0 unspecified atom stereocenters. The lowest BCUT2D eigenvalue weighted by Gasteiger charge is -2.59. The first-order chi connectivity index (χ1) is 15.4. The Hall–Kier alpha value is -2.17. The lowest BCUT2D eigenvalue weighted by atomic mass is 9.48. The maximum Gasteiger partial charge on any atom is 0.261 e. The molecule has 0 spiro atoms. The number of rotatable bonds is 9. The van der Waals surface area contributed by atoms with Gasteiger partial charge in [-0.2, -0.15) is 0 Å².